The molecule has 72 valence electrons. The molecule has 13 heavy (non-hydrogen) atoms. The maximum Gasteiger partial charge on any atom is -0.0280 e. The van der Waals surface area contributed by atoms with Gasteiger partial charge in [0.1, 0.15) is 0 Å². The molecular formula is C13H20. The Kier molecular flexibility index (Phi) is 2.87. The fraction of sp³-hybridized carbons (Fsp3) is 0.692. The van der Waals surface area contributed by atoms with Crippen LogP contribution < -0.4 is 0 Å². The minimum absolute atomic E-state index is 0.974. The van der Waals surface area contributed by atoms with Crippen molar-refractivity contribution in [2.75, 3.05) is 0 Å². The molecule has 0 heteroatoms. The lowest BCUT2D eigenvalue weighted by Crippen LogP contribution is -2.01. The molecule has 0 aromatic carbocycles. The van der Waals surface area contributed by atoms with E-state index in [1.54, 1.807) is 0 Å². The molecule has 0 heterocycles. The molecule has 0 atom stereocenters. The van der Waals surface area contributed by atoms with Gasteiger partial charge in [-0.05, 0) is 57.8 Å². The van der Waals surface area contributed by atoms with Crippen LogP contribution in [0, 0.1) is 5.92 Å². The Bertz CT molecular complexity index is 214. The molecule has 2 rings (SSSR count). The third-order valence-corrected chi connectivity index (χ3v) is 3.64. The van der Waals surface area contributed by atoms with Crippen LogP contribution in [-0.2, 0) is 0 Å². The normalized spacial score (nSPS) is 24.4. The van der Waals surface area contributed by atoms with Crippen LogP contribution in [0.1, 0.15) is 51.9 Å². The average molecular weight is 176 g/mol. The number of allylic oxidation sites excluding steroid dienone is 4. The molecule has 0 saturated heterocycles. The van der Waals surface area contributed by atoms with Crippen molar-refractivity contribution >= 4 is 0 Å². The minimum Gasteiger partial charge on any atom is -0.0917 e. The minimum atomic E-state index is 0.974. The summed E-state index contributed by atoms with van der Waals surface area (Å²) in [6, 6.07) is 0. The molecular weight excluding hydrogens is 156 g/mol. The molecule has 0 N–H and O–H groups in total. The summed E-state index contributed by atoms with van der Waals surface area (Å²) in [6.07, 6.45) is 14.4. The second-order valence-electron chi connectivity index (χ2n) is 4.46. The molecule has 0 radical (unpaired) electrons. The zero-order chi connectivity index (χ0) is 9.10. The Morgan fingerprint density at radius 3 is 2.15 bits per heavy atom. The Hall–Kier alpha value is -0.520. The maximum absolute atomic E-state index is 2.34. The highest BCUT2D eigenvalue weighted by atomic mass is 14.3. The van der Waals surface area contributed by atoms with Crippen molar-refractivity contribution in [3.63, 3.8) is 0 Å². The second kappa shape index (κ2) is 4.13. The van der Waals surface area contributed by atoms with Gasteiger partial charge in [-0.15, -0.1) is 0 Å². The molecule has 0 saturated carbocycles. The molecule has 0 fully saturated rings. The van der Waals surface area contributed by atoms with Crippen molar-refractivity contribution in [1.82, 2.24) is 0 Å². The highest BCUT2D eigenvalue weighted by Crippen LogP contribution is 2.40. The molecule has 0 spiro atoms. The van der Waals surface area contributed by atoms with Gasteiger partial charge in [-0.1, -0.05) is 23.3 Å². The van der Waals surface area contributed by atoms with Crippen LogP contribution in [0.2, 0.25) is 0 Å². The predicted molar refractivity (Wildman–Crippen MR) is 57.6 cm³/mol. The SMILES string of the molecule is C/C=C\CC1CCC2=C(CC2)CC1. The lowest BCUT2D eigenvalue weighted by Gasteiger charge is -2.21. The zero-order valence-corrected chi connectivity index (χ0v) is 8.68. The first kappa shape index (κ1) is 9.05. The monoisotopic (exact) mass is 176 g/mol. The highest BCUT2D eigenvalue weighted by molar-refractivity contribution is 5.25. The maximum atomic E-state index is 2.34. The Morgan fingerprint density at radius 1 is 1.08 bits per heavy atom. The Morgan fingerprint density at radius 2 is 1.69 bits per heavy atom. The van der Waals surface area contributed by atoms with Crippen LogP contribution >= 0.6 is 0 Å². The summed E-state index contributed by atoms with van der Waals surface area (Å²) in [5.74, 6) is 0.974. The van der Waals surface area contributed by atoms with Crippen LogP contribution in [0.15, 0.2) is 23.3 Å². The molecule has 2 aliphatic rings. The summed E-state index contributed by atoms with van der Waals surface area (Å²) in [6.45, 7) is 2.13. The van der Waals surface area contributed by atoms with Crippen molar-refractivity contribution in [3.8, 4) is 0 Å². The van der Waals surface area contributed by atoms with Crippen LogP contribution in [0.3, 0.4) is 0 Å². The van der Waals surface area contributed by atoms with Gasteiger partial charge < -0.3 is 0 Å². The van der Waals surface area contributed by atoms with Gasteiger partial charge in [0.25, 0.3) is 0 Å². The summed E-state index contributed by atoms with van der Waals surface area (Å²) in [4.78, 5) is 0. The van der Waals surface area contributed by atoms with Gasteiger partial charge in [0.2, 0.25) is 0 Å². The molecule has 2 aliphatic carbocycles. The smallest absolute Gasteiger partial charge is 0.0280 e. The van der Waals surface area contributed by atoms with Crippen LogP contribution in [0.4, 0.5) is 0 Å². The number of hydrogen-bond acceptors (Lipinski definition) is 0. The van der Waals surface area contributed by atoms with E-state index < -0.39 is 0 Å². The van der Waals surface area contributed by atoms with E-state index in [1.807, 2.05) is 11.1 Å². The molecule has 0 unspecified atom stereocenters. The van der Waals surface area contributed by atoms with E-state index in [-0.39, 0.29) is 0 Å². The second-order valence-corrected chi connectivity index (χ2v) is 4.46. The summed E-state index contributed by atoms with van der Waals surface area (Å²) in [7, 11) is 0. The first-order valence-electron chi connectivity index (χ1n) is 5.71. The Balaban J connectivity index is 1.85. The van der Waals surface area contributed by atoms with Crippen molar-refractivity contribution in [2.24, 2.45) is 5.92 Å². The summed E-state index contributed by atoms with van der Waals surface area (Å²) >= 11 is 0. The summed E-state index contributed by atoms with van der Waals surface area (Å²) in [5, 5.41) is 0. The first-order valence-corrected chi connectivity index (χ1v) is 5.71. The third kappa shape index (κ3) is 2.04. The van der Waals surface area contributed by atoms with Gasteiger partial charge in [0, 0.05) is 0 Å². The van der Waals surface area contributed by atoms with Crippen LogP contribution in [0.25, 0.3) is 0 Å². The fourth-order valence-corrected chi connectivity index (χ4v) is 2.55. The van der Waals surface area contributed by atoms with Gasteiger partial charge in [0.15, 0.2) is 0 Å². The lowest BCUT2D eigenvalue weighted by molar-refractivity contribution is 0.470. The number of hydrogen-bond donors (Lipinski definition) is 0. The Labute approximate surface area is 81.7 Å². The van der Waals surface area contributed by atoms with Crippen LogP contribution in [-0.4, -0.2) is 0 Å². The lowest BCUT2D eigenvalue weighted by atomic mass is 9.85. The predicted octanol–water partition coefficient (Wildman–Crippen LogP) is 4.23. The topological polar surface area (TPSA) is 0 Å². The summed E-state index contributed by atoms with van der Waals surface area (Å²) in [5.41, 5.74) is 3.64. The van der Waals surface area contributed by atoms with E-state index in [0.717, 1.165) is 5.92 Å². The van der Waals surface area contributed by atoms with E-state index in [1.165, 1.54) is 44.9 Å². The summed E-state index contributed by atoms with van der Waals surface area (Å²) < 4.78 is 0. The fourth-order valence-electron chi connectivity index (χ4n) is 2.55. The van der Waals surface area contributed by atoms with Crippen molar-refractivity contribution in [1.29, 1.82) is 0 Å². The molecule has 0 aromatic heterocycles. The molecule has 0 amide bonds. The van der Waals surface area contributed by atoms with E-state index in [0.29, 0.717) is 0 Å². The van der Waals surface area contributed by atoms with Gasteiger partial charge in [-0.2, -0.15) is 0 Å². The molecule has 0 bridgehead atoms. The molecule has 0 aromatic rings. The highest BCUT2D eigenvalue weighted by Gasteiger charge is 2.22. The molecule has 0 aliphatic heterocycles. The van der Waals surface area contributed by atoms with E-state index in [9.17, 15) is 0 Å². The molecule has 0 nitrogen and oxygen atoms in total. The van der Waals surface area contributed by atoms with Gasteiger partial charge in [0.05, 0.1) is 0 Å². The largest absolute Gasteiger partial charge is 0.0917 e. The number of rotatable bonds is 2. The van der Waals surface area contributed by atoms with Crippen molar-refractivity contribution in [3.05, 3.63) is 23.3 Å². The van der Waals surface area contributed by atoms with E-state index >= 15 is 0 Å². The van der Waals surface area contributed by atoms with Crippen LogP contribution in [0.5, 0.6) is 0 Å². The van der Waals surface area contributed by atoms with Crippen molar-refractivity contribution < 1.29 is 0 Å². The van der Waals surface area contributed by atoms with E-state index in [2.05, 4.69) is 19.1 Å². The quantitative estimate of drug-likeness (QED) is 0.552. The standard InChI is InChI=1S/C13H20/c1-2-3-4-11-5-7-12-9-10-13(12)8-6-11/h2-3,11H,4-10H2,1H3/b3-2-. The zero-order valence-electron chi connectivity index (χ0n) is 8.68. The van der Waals surface area contributed by atoms with Crippen molar-refractivity contribution in [2.45, 2.75) is 51.9 Å². The average Bonchev–Trinajstić information content (AvgIpc) is 2.23. The van der Waals surface area contributed by atoms with Gasteiger partial charge in [-0.25, -0.2) is 0 Å². The van der Waals surface area contributed by atoms with Gasteiger partial charge in [-0.3, -0.25) is 0 Å². The van der Waals surface area contributed by atoms with Gasteiger partial charge >= 0.3 is 0 Å². The first-order chi connectivity index (χ1) is 6.40. The van der Waals surface area contributed by atoms with E-state index in [4.69, 9.17) is 0 Å². The third-order valence-electron chi connectivity index (χ3n) is 3.64.